The Bertz CT molecular complexity index is 3490. The Morgan fingerprint density at radius 3 is 1.15 bits per heavy atom. The lowest BCUT2D eigenvalue weighted by molar-refractivity contribution is -0.143. The number of hydrogen-bond donors (Lipinski definition) is 18. The summed E-state index contributed by atoms with van der Waals surface area (Å²) in [6.45, 7) is 23.7. The number of primary amides is 1. The molecule has 1 aliphatic carbocycles. The van der Waals surface area contributed by atoms with Gasteiger partial charge >= 0.3 is 12.1 Å². The number of benzene rings is 2. The molecule has 0 aliphatic heterocycles. The molecule has 0 unspecified atom stereocenters. The normalized spacial score (nSPS) is 15.2. The Hall–Kier alpha value is -9.83. The molecule has 638 valence electrons. The van der Waals surface area contributed by atoms with E-state index in [4.69, 9.17) is 27.7 Å². The number of fused-ring (bicyclic) bond motifs is 3. The van der Waals surface area contributed by atoms with Crippen LogP contribution in [0.3, 0.4) is 0 Å². The molecule has 0 radical (unpaired) electrons. The van der Waals surface area contributed by atoms with Crippen molar-refractivity contribution in [2.24, 2.45) is 58.4 Å². The van der Waals surface area contributed by atoms with Crippen molar-refractivity contribution in [3.05, 3.63) is 59.7 Å². The third kappa shape index (κ3) is 34.1. The topological polar surface area (TPSA) is 546 Å². The second-order valence-corrected chi connectivity index (χ2v) is 31.7. The molecule has 22 N–H and O–H groups in total. The fourth-order valence-corrected chi connectivity index (χ4v) is 13.0. The van der Waals surface area contributed by atoms with Gasteiger partial charge in [-0.2, -0.15) is 0 Å². The highest BCUT2D eigenvalue weighted by Crippen LogP contribution is 2.44. The average molecular weight is 1600 g/mol. The zero-order valence-corrected chi connectivity index (χ0v) is 69.0. The third-order valence-corrected chi connectivity index (χ3v) is 19.4. The predicted octanol–water partition coefficient (Wildman–Crippen LogP) is 1.62. The van der Waals surface area contributed by atoms with E-state index >= 15 is 0 Å². The first-order valence-corrected chi connectivity index (χ1v) is 40.1. The van der Waals surface area contributed by atoms with E-state index in [1.807, 2.05) is 48.5 Å². The van der Waals surface area contributed by atoms with Crippen LogP contribution in [0.5, 0.6) is 0 Å². The number of hydrogen-bond acceptors (Lipinski definition) is 19. The summed E-state index contributed by atoms with van der Waals surface area (Å²) >= 11 is 0. The Kier molecular flexibility index (Phi) is 43.5. The number of amides is 14. The number of carboxylic acid groups (broad SMARTS) is 1. The van der Waals surface area contributed by atoms with Crippen LogP contribution in [0.4, 0.5) is 4.79 Å². The van der Waals surface area contributed by atoms with E-state index in [0.717, 1.165) is 22.3 Å². The van der Waals surface area contributed by atoms with Crippen molar-refractivity contribution in [2.75, 3.05) is 32.8 Å². The minimum atomic E-state index is -1.72. The van der Waals surface area contributed by atoms with E-state index in [1.165, 1.54) is 13.8 Å². The molecule has 2 aromatic rings. The minimum Gasteiger partial charge on any atom is -0.480 e. The lowest BCUT2D eigenvalue weighted by atomic mass is 9.96. The molecule has 0 saturated carbocycles. The molecule has 0 saturated heterocycles. The summed E-state index contributed by atoms with van der Waals surface area (Å²) in [4.78, 5) is 206. The first kappa shape index (κ1) is 98.4. The van der Waals surface area contributed by atoms with Gasteiger partial charge in [-0.15, -0.1) is 0 Å². The lowest BCUT2D eigenvalue weighted by Gasteiger charge is -2.29. The molecule has 2 aromatic carbocycles. The third-order valence-electron chi connectivity index (χ3n) is 19.4. The number of carbonyl (C=O) groups is 15. The molecule has 114 heavy (non-hydrogen) atoms. The number of aliphatic carboxylic acids is 1. The van der Waals surface area contributed by atoms with Crippen LogP contribution < -0.4 is 92.1 Å². The summed E-state index contributed by atoms with van der Waals surface area (Å²) in [5.41, 5.74) is 27.1. The molecule has 0 aromatic heterocycles. The fraction of sp³-hybridized carbons (Fsp3) is 0.662. The largest absolute Gasteiger partial charge is 0.480 e. The number of nitrogens with two attached hydrogens (primary N) is 4. The van der Waals surface area contributed by atoms with Crippen LogP contribution in [0.2, 0.25) is 0 Å². The zero-order chi connectivity index (χ0) is 85.6. The first-order chi connectivity index (χ1) is 53.8. The second kappa shape index (κ2) is 50.4. The molecule has 34 heteroatoms. The summed E-state index contributed by atoms with van der Waals surface area (Å²) in [6, 6.07) is 0.00511. The van der Waals surface area contributed by atoms with Gasteiger partial charge in [0.2, 0.25) is 76.8 Å². The maximum absolute atomic E-state index is 14.4. The van der Waals surface area contributed by atoms with Crippen LogP contribution in [0, 0.1) is 35.5 Å². The SMILES string of the molecule is CC[C@H](C)[C@H](NC(=O)[C@H](C)NC(=O)[C@@H](NC(=O)[C@H](C)NC(=O)[C@H](CC(C)C)NC(=O)[C@H](CC(C)C)NC(=O)[C@H](CC(C)C)NC(=O)[C@H](CC(N)=O)NC(=O)CNC(=O)[C@H](CCCCN)NC(=O)[C@H](CCCCN)NC(=O)[C@H](CCCCN)NC(=O)OCC1c2ccccc2-c2ccccc21)C(C)C)C(=O)N[C@@H](CC(C)C)C(=O)O. The molecule has 0 bridgehead atoms. The monoisotopic (exact) mass is 1600 g/mol. The zero-order valence-electron chi connectivity index (χ0n) is 69.0. The standard InChI is InChI=1S/C80H131N17O17/c1-15-48(12)67(78(110)94-63(79(111)112)39-46(8)9)97-69(101)50(14)87-77(109)66(47(10)11)96-68(100)49(13)86-73(105)59(36-43(2)3)91-74(106)60(37-44(4)5)92-75(107)61(38-45(6)7)93-76(108)62(40-64(84)98)88-65(99)41-85-70(102)56(30-20-23-33-81)89-71(103)57(31-21-24-34-82)90-72(104)58(32-22-25-35-83)95-80(113)114-42-55-53-28-18-16-26-51(53)52-27-17-19-29-54(52)55/h16-19,26-29,43-50,55-63,66-67H,15,20-25,30-42,81-83H2,1-14H3,(H2,84,98)(H,85,102)(H,86,105)(H,87,109)(H,88,99)(H,89,103)(H,90,104)(H,91,106)(H,92,107)(H,93,108)(H,94,110)(H,95,113)(H,96,100)(H,97,101)(H,111,112)/t48-,49-,50-,56-,57-,58-,59-,60-,61-,62-,63-,66-,67-/m0/s1. The van der Waals surface area contributed by atoms with Crippen LogP contribution in [-0.2, 0) is 71.9 Å². The Labute approximate surface area is 670 Å². The van der Waals surface area contributed by atoms with Crippen molar-refractivity contribution in [3.63, 3.8) is 0 Å². The number of ether oxygens (including phenoxy) is 1. The van der Waals surface area contributed by atoms with E-state index in [2.05, 4.69) is 69.1 Å². The van der Waals surface area contributed by atoms with Crippen molar-refractivity contribution in [3.8, 4) is 11.1 Å². The van der Waals surface area contributed by atoms with Gasteiger partial charge < -0.3 is 102 Å². The molecule has 14 amide bonds. The predicted molar refractivity (Wildman–Crippen MR) is 430 cm³/mol. The summed E-state index contributed by atoms with van der Waals surface area (Å²) in [5.74, 6) is -14.2. The highest BCUT2D eigenvalue weighted by atomic mass is 16.5. The lowest BCUT2D eigenvalue weighted by Crippen LogP contribution is -2.61. The molecule has 0 heterocycles. The van der Waals surface area contributed by atoms with Gasteiger partial charge in [-0.3, -0.25) is 62.3 Å². The maximum atomic E-state index is 14.4. The highest BCUT2D eigenvalue weighted by molar-refractivity contribution is 6.00. The minimum absolute atomic E-state index is 0.0182. The molecule has 3 rings (SSSR count). The molecule has 0 fully saturated rings. The van der Waals surface area contributed by atoms with Crippen molar-refractivity contribution in [1.29, 1.82) is 0 Å². The van der Waals surface area contributed by atoms with Gasteiger partial charge in [0.15, 0.2) is 0 Å². The summed E-state index contributed by atoms with van der Waals surface area (Å²) in [6.07, 6.45) is 1.76. The molecular weight excluding hydrogens is 1470 g/mol. The van der Waals surface area contributed by atoms with Gasteiger partial charge in [0.05, 0.1) is 13.0 Å². The molecule has 0 spiro atoms. The molecule has 1 aliphatic rings. The van der Waals surface area contributed by atoms with E-state index < -0.39 is 186 Å². The highest BCUT2D eigenvalue weighted by Gasteiger charge is 2.39. The summed E-state index contributed by atoms with van der Waals surface area (Å²) < 4.78 is 5.78. The Morgan fingerprint density at radius 1 is 0.395 bits per heavy atom. The van der Waals surface area contributed by atoms with E-state index in [0.29, 0.717) is 51.5 Å². The van der Waals surface area contributed by atoms with Crippen LogP contribution in [0.1, 0.15) is 210 Å². The molecule has 13 atom stereocenters. The Balaban J connectivity index is 1.75. The molecule has 34 nitrogen and oxygen atoms in total. The van der Waals surface area contributed by atoms with E-state index in [9.17, 15) is 77.0 Å². The van der Waals surface area contributed by atoms with E-state index in [1.54, 1.807) is 83.1 Å². The number of nitrogens with one attached hydrogen (secondary N) is 13. The Morgan fingerprint density at radius 2 is 0.746 bits per heavy atom. The van der Waals surface area contributed by atoms with Crippen molar-refractivity contribution >= 4 is 88.9 Å². The van der Waals surface area contributed by atoms with Gasteiger partial charge in [0.25, 0.3) is 0 Å². The fourth-order valence-electron chi connectivity index (χ4n) is 13.0. The number of carboxylic acids is 1. The van der Waals surface area contributed by atoms with Gasteiger partial charge in [0, 0.05) is 5.92 Å². The maximum Gasteiger partial charge on any atom is 0.407 e. The summed E-state index contributed by atoms with van der Waals surface area (Å²) in [5, 5.41) is 43.7. The van der Waals surface area contributed by atoms with Crippen molar-refractivity contribution < 1.29 is 81.8 Å². The molecular formula is C80H131N17O17. The quantitative estimate of drug-likeness (QED) is 0.0418. The second-order valence-electron chi connectivity index (χ2n) is 31.7. The van der Waals surface area contributed by atoms with Crippen molar-refractivity contribution in [1.82, 2.24) is 69.1 Å². The van der Waals surface area contributed by atoms with Crippen LogP contribution in [0.15, 0.2) is 48.5 Å². The number of carbonyl (C=O) groups excluding carboxylic acids is 14. The number of rotatable bonds is 53. The number of unbranched alkanes of at least 4 members (excludes halogenated alkanes) is 3. The van der Waals surface area contributed by atoms with Gasteiger partial charge in [-0.25, -0.2) is 9.59 Å². The van der Waals surface area contributed by atoms with Gasteiger partial charge in [0.1, 0.15) is 79.1 Å². The first-order valence-electron chi connectivity index (χ1n) is 40.1. The van der Waals surface area contributed by atoms with Gasteiger partial charge in [-0.05, 0) is 175 Å². The van der Waals surface area contributed by atoms with Crippen LogP contribution >= 0.6 is 0 Å². The van der Waals surface area contributed by atoms with Crippen molar-refractivity contribution in [2.45, 2.75) is 272 Å². The average Bonchev–Trinajstić information content (AvgIpc) is 1.61. The number of alkyl carbamates (subject to hydrolysis) is 1. The van der Waals surface area contributed by atoms with E-state index in [-0.39, 0.29) is 94.2 Å². The summed E-state index contributed by atoms with van der Waals surface area (Å²) in [7, 11) is 0. The smallest absolute Gasteiger partial charge is 0.407 e. The van der Waals surface area contributed by atoms with Gasteiger partial charge in [-0.1, -0.05) is 138 Å². The van der Waals surface area contributed by atoms with Crippen LogP contribution in [0.25, 0.3) is 11.1 Å². The van der Waals surface area contributed by atoms with Crippen LogP contribution in [-0.4, -0.2) is 199 Å².